The van der Waals surface area contributed by atoms with Gasteiger partial charge in [-0.25, -0.2) is 0 Å². The van der Waals surface area contributed by atoms with Crippen molar-refractivity contribution in [2.45, 2.75) is 77.7 Å². The molecule has 0 radical (unpaired) electrons. The predicted octanol–water partition coefficient (Wildman–Crippen LogP) is 4.63. The van der Waals surface area contributed by atoms with Crippen LogP contribution in [-0.2, 0) is 6.42 Å². The Balaban J connectivity index is 2.31. The average molecular weight is 307 g/mol. The van der Waals surface area contributed by atoms with Crippen LogP contribution < -0.4 is 10.3 Å². The molecule has 0 aliphatic heterocycles. The summed E-state index contributed by atoms with van der Waals surface area (Å²) in [4.78, 5) is 5.68. The third-order valence-corrected chi connectivity index (χ3v) is 4.07. The number of nitrogens with one attached hydrogen (secondary N) is 1. The van der Waals surface area contributed by atoms with Gasteiger partial charge in [0.2, 0.25) is 0 Å². The second-order valence-corrected chi connectivity index (χ2v) is 5.99. The Labute approximate surface area is 136 Å². The molecule has 1 unspecified atom stereocenters. The van der Waals surface area contributed by atoms with Crippen LogP contribution in [0.4, 0.5) is 0 Å². The summed E-state index contributed by atoms with van der Waals surface area (Å²) in [7, 11) is 0. The molecule has 0 saturated carbocycles. The van der Waals surface area contributed by atoms with E-state index in [1.54, 1.807) is 0 Å². The van der Waals surface area contributed by atoms with E-state index in [2.05, 4.69) is 24.5 Å². The highest BCUT2D eigenvalue weighted by atomic mass is 16.6. The zero-order valence-electron chi connectivity index (χ0n) is 14.3. The van der Waals surface area contributed by atoms with Crippen LogP contribution in [0.3, 0.4) is 0 Å². The first-order valence-corrected chi connectivity index (χ1v) is 8.92. The van der Waals surface area contributed by atoms with Crippen molar-refractivity contribution in [3.63, 3.8) is 0 Å². The normalized spacial score (nSPS) is 12.3. The zero-order valence-corrected chi connectivity index (χ0v) is 14.3. The summed E-state index contributed by atoms with van der Waals surface area (Å²) in [6.45, 7) is 4.38. The Morgan fingerprint density at radius 3 is 2.36 bits per heavy atom. The summed E-state index contributed by atoms with van der Waals surface area (Å²) < 4.78 is 0. The van der Waals surface area contributed by atoms with Gasteiger partial charge in [0.25, 0.3) is 0 Å². The van der Waals surface area contributed by atoms with Gasteiger partial charge in [-0.2, -0.15) is 5.48 Å². The number of aliphatic hydroxyl groups is 1. The van der Waals surface area contributed by atoms with Gasteiger partial charge in [0.05, 0.1) is 12.6 Å². The SMILES string of the molecule is CCCCCCCCCc1ccccc1ONC(CC)CO. The Morgan fingerprint density at radius 1 is 1.00 bits per heavy atom. The molecule has 0 bridgehead atoms. The van der Waals surface area contributed by atoms with Crippen LogP contribution >= 0.6 is 0 Å². The molecule has 0 saturated heterocycles. The molecule has 1 rings (SSSR count). The first-order chi connectivity index (χ1) is 10.8. The van der Waals surface area contributed by atoms with Crippen molar-refractivity contribution in [1.29, 1.82) is 0 Å². The third kappa shape index (κ3) is 7.81. The van der Waals surface area contributed by atoms with Gasteiger partial charge >= 0.3 is 0 Å². The van der Waals surface area contributed by atoms with Crippen LogP contribution in [0.1, 0.15) is 70.8 Å². The molecule has 0 spiro atoms. The summed E-state index contributed by atoms with van der Waals surface area (Å²) in [5.41, 5.74) is 4.20. The third-order valence-electron chi connectivity index (χ3n) is 4.07. The summed E-state index contributed by atoms with van der Waals surface area (Å²) in [5, 5.41) is 9.19. The van der Waals surface area contributed by atoms with Crippen LogP contribution in [0, 0.1) is 0 Å². The minimum Gasteiger partial charge on any atom is -0.408 e. The first kappa shape index (κ1) is 19.0. The molecule has 0 fully saturated rings. The molecule has 1 aromatic carbocycles. The van der Waals surface area contributed by atoms with Gasteiger partial charge < -0.3 is 9.94 Å². The van der Waals surface area contributed by atoms with Crippen molar-refractivity contribution in [3.8, 4) is 5.75 Å². The molecule has 1 atom stereocenters. The van der Waals surface area contributed by atoms with E-state index in [-0.39, 0.29) is 12.6 Å². The van der Waals surface area contributed by atoms with Gasteiger partial charge in [-0.3, -0.25) is 0 Å². The lowest BCUT2D eigenvalue weighted by Gasteiger charge is -2.16. The monoisotopic (exact) mass is 307 g/mol. The Kier molecular flexibility index (Phi) is 10.8. The summed E-state index contributed by atoms with van der Waals surface area (Å²) >= 11 is 0. The molecule has 0 aliphatic carbocycles. The number of para-hydroxylation sites is 1. The van der Waals surface area contributed by atoms with Crippen molar-refractivity contribution < 1.29 is 9.94 Å². The smallest absolute Gasteiger partial charge is 0.150 e. The molecular formula is C19H33NO2. The number of hydrogen-bond donors (Lipinski definition) is 2. The zero-order chi connectivity index (χ0) is 16.0. The number of hydrogen-bond acceptors (Lipinski definition) is 3. The van der Waals surface area contributed by atoms with Gasteiger partial charge in [0.1, 0.15) is 5.75 Å². The summed E-state index contributed by atoms with van der Waals surface area (Å²) in [6.07, 6.45) is 11.2. The number of benzene rings is 1. The molecule has 22 heavy (non-hydrogen) atoms. The van der Waals surface area contributed by atoms with E-state index >= 15 is 0 Å². The molecule has 2 N–H and O–H groups in total. The fourth-order valence-corrected chi connectivity index (χ4v) is 2.48. The molecule has 126 valence electrons. The average Bonchev–Trinajstić information content (AvgIpc) is 2.56. The lowest BCUT2D eigenvalue weighted by atomic mass is 10.0. The minimum absolute atomic E-state index is 0.00776. The molecule has 0 aromatic heterocycles. The van der Waals surface area contributed by atoms with Gasteiger partial charge in [0, 0.05) is 0 Å². The van der Waals surface area contributed by atoms with E-state index in [0.29, 0.717) is 0 Å². The van der Waals surface area contributed by atoms with Crippen LogP contribution in [-0.4, -0.2) is 17.8 Å². The second kappa shape index (κ2) is 12.5. The first-order valence-electron chi connectivity index (χ1n) is 8.92. The molecule has 3 nitrogen and oxygen atoms in total. The van der Waals surface area contributed by atoms with Gasteiger partial charge in [-0.15, -0.1) is 0 Å². The lowest BCUT2D eigenvalue weighted by Crippen LogP contribution is -2.34. The Bertz CT molecular complexity index is 377. The second-order valence-electron chi connectivity index (χ2n) is 5.99. The van der Waals surface area contributed by atoms with Gasteiger partial charge in [-0.05, 0) is 30.9 Å². The van der Waals surface area contributed by atoms with Crippen LogP contribution in [0.15, 0.2) is 24.3 Å². The number of rotatable bonds is 13. The fraction of sp³-hybridized carbons (Fsp3) is 0.684. The highest BCUT2D eigenvalue weighted by Gasteiger charge is 2.07. The van der Waals surface area contributed by atoms with Crippen molar-refractivity contribution in [3.05, 3.63) is 29.8 Å². The van der Waals surface area contributed by atoms with E-state index in [9.17, 15) is 5.11 Å². The summed E-state index contributed by atoms with van der Waals surface area (Å²) in [6, 6.07) is 8.17. The van der Waals surface area contributed by atoms with Crippen LogP contribution in [0.25, 0.3) is 0 Å². The molecule has 0 amide bonds. The summed E-state index contributed by atoms with van der Waals surface area (Å²) in [5.74, 6) is 0.889. The van der Waals surface area contributed by atoms with Gasteiger partial charge in [0.15, 0.2) is 0 Å². The molecule has 1 aromatic rings. The number of aliphatic hydroxyl groups excluding tert-OH is 1. The quantitative estimate of drug-likeness (QED) is 0.412. The van der Waals surface area contributed by atoms with E-state index in [1.165, 1.54) is 50.5 Å². The highest BCUT2D eigenvalue weighted by Crippen LogP contribution is 2.20. The van der Waals surface area contributed by atoms with Crippen LogP contribution in [0.5, 0.6) is 5.75 Å². The largest absolute Gasteiger partial charge is 0.408 e. The highest BCUT2D eigenvalue weighted by molar-refractivity contribution is 5.33. The molecule has 0 heterocycles. The Morgan fingerprint density at radius 2 is 1.68 bits per heavy atom. The molecule has 0 aliphatic rings. The van der Waals surface area contributed by atoms with Crippen molar-refractivity contribution >= 4 is 0 Å². The fourth-order valence-electron chi connectivity index (χ4n) is 2.48. The van der Waals surface area contributed by atoms with E-state index < -0.39 is 0 Å². The van der Waals surface area contributed by atoms with E-state index in [4.69, 9.17) is 4.84 Å². The standard InChI is InChI=1S/C19H33NO2/c1-3-5-6-7-8-9-10-13-17-14-11-12-15-19(17)22-20-18(4-2)16-21/h11-12,14-15,18,20-21H,3-10,13,16H2,1-2H3. The van der Waals surface area contributed by atoms with Crippen molar-refractivity contribution in [2.24, 2.45) is 0 Å². The van der Waals surface area contributed by atoms with E-state index in [1.807, 2.05) is 19.1 Å². The predicted molar refractivity (Wildman–Crippen MR) is 93.1 cm³/mol. The number of unbranched alkanes of at least 4 members (excludes halogenated alkanes) is 6. The molecule has 3 heteroatoms. The maximum atomic E-state index is 9.19. The lowest BCUT2D eigenvalue weighted by molar-refractivity contribution is 0.110. The van der Waals surface area contributed by atoms with E-state index in [0.717, 1.165) is 18.6 Å². The van der Waals surface area contributed by atoms with Crippen molar-refractivity contribution in [2.75, 3.05) is 6.61 Å². The minimum atomic E-state index is -0.00776. The van der Waals surface area contributed by atoms with Gasteiger partial charge in [-0.1, -0.05) is 70.6 Å². The number of hydroxylamine groups is 1. The molecular weight excluding hydrogens is 274 g/mol. The van der Waals surface area contributed by atoms with Crippen LogP contribution in [0.2, 0.25) is 0 Å². The Hall–Kier alpha value is -1.06. The van der Waals surface area contributed by atoms with Crippen molar-refractivity contribution in [1.82, 2.24) is 5.48 Å². The topological polar surface area (TPSA) is 41.5 Å². The number of aryl methyl sites for hydroxylation is 1. The maximum absolute atomic E-state index is 9.19. The maximum Gasteiger partial charge on any atom is 0.150 e.